The van der Waals surface area contributed by atoms with Gasteiger partial charge in [-0.3, -0.25) is 4.79 Å². The Hall–Kier alpha value is -1.68. The van der Waals surface area contributed by atoms with Gasteiger partial charge in [0.2, 0.25) is 5.91 Å². The van der Waals surface area contributed by atoms with Crippen molar-refractivity contribution in [2.24, 2.45) is 0 Å². The van der Waals surface area contributed by atoms with Crippen molar-refractivity contribution in [1.82, 2.24) is 0 Å². The number of amides is 1. The molecule has 3 aromatic carbocycles. The number of thioether (sulfide) groups is 1. The largest absolute Gasteiger partial charge is 0.309 e. The number of anilines is 1. The molecule has 0 aromatic heterocycles. The third kappa shape index (κ3) is 3.20. The lowest BCUT2D eigenvalue weighted by molar-refractivity contribution is -0.118. The quantitative estimate of drug-likeness (QED) is 0.477. The highest BCUT2D eigenvalue weighted by molar-refractivity contribution is 8.00. The molecular formula is C21H17Cl2NOS. The van der Waals surface area contributed by atoms with E-state index in [1.54, 1.807) is 11.8 Å². The van der Waals surface area contributed by atoms with Gasteiger partial charge < -0.3 is 4.90 Å². The highest BCUT2D eigenvalue weighted by Crippen LogP contribution is 2.49. The van der Waals surface area contributed by atoms with Crippen molar-refractivity contribution in [1.29, 1.82) is 0 Å². The van der Waals surface area contributed by atoms with Crippen LogP contribution in [0.3, 0.4) is 0 Å². The molecule has 0 saturated heterocycles. The summed E-state index contributed by atoms with van der Waals surface area (Å²) in [5.41, 5.74) is 1.98. The van der Waals surface area contributed by atoms with Crippen LogP contribution < -0.4 is 4.90 Å². The van der Waals surface area contributed by atoms with Gasteiger partial charge in [-0.25, -0.2) is 0 Å². The molecule has 1 aliphatic heterocycles. The number of hydrogen-bond donors (Lipinski definition) is 0. The zero-order chi connectivity index (χ0) is 18.1. The average Bonchev–Trinajstić information content (AvgIpc) is 2.67. The monoisotopic (exact) mass is 401 g/mol. The molecule has 1 atom stereocenters. The maximum absolute atomic E-state index is 13.4. The number of alkyl halides is 1. The van der Waals surface area contributed by atoms with Crippen molar-refractivity contribution in [2.75, 3.05) is 17.3 Å². The second kappa shape index (κ2) is 7.51. The molecule has 0 radical (unpaired) electrons. The Morgan fingerprint density at radius 1 is 1.00 bits per heavy atom. The second-order valence-corrected chi connectivity index (χ2v) is 8.18. The number of halogens is 2. The van der Waals surface area contributed by atoms with Crippen LogP contribution in [0.1, 0.15) is 17.2 Å². The Bertz CT molecular complexity index is 958. The molecule has 0 N–H and O–H groups in total. The molecule has 4 rings (SSSR count). The molecule has 5 heteroatoms. The third-order valence-electron chi connectivity index (χ3n) is 4.56. The molecule has 0 fully saturated rings. The molecule has 1 unspecified atom stereocenters. The van der Waals surface area contributed by atoms with Gasteiger partial charge in [0.25, 0.3) is 0 Å². The van der Waals surface area contributed by atoms with Gasteiger partial charge in [-0.15, -0.1) is 23.4 Å². The highest BCUT2D eigenvalue weighted by atomic mass is 35.5. The van der Waals surface area contributed by atoms with Crippen LogP contribution in [-0.2, 0) is 4.79 Å². The number of fused-ring (bicyclic) bond motifs is 3. The predicted octanol–water partition coefficient (Wildman–Crippen LogP) is 6.30. The Morgan fingerprint density at radius 3 is 2.54 bits per heavy atom. The zero-order valence-corrected chi connectivity index (χ0v) is 16.3. The molecule has 0 saturated carbocycles. The van der Waals surface area contributed by atoms with Gasteiger partial charge in [0.1, 0.15) is 5.25 Å². The molecule has 2 nitrogen and oxygen atoms in total. The van der Waals surface area contributed by atoms with Crippen LogP contribution in [0.5, 0.6) is 0 Å². The number of carbonyl (C=O) groups is 1. The molecular weight excluding hydrogens is 385 g/mol. The summed E-state index contributed by atoms with van der Waals surface area (Å²) in [5.74, 6) is 0.633. The Kier molecular flexibility index (Phi) is 5.12. The molecule has 3 aromatic rings. The van der Waals surface area contributed by atoms with Gasteiger partial charge in [0.05, 0.1) is 5.69 Å². The summed E-state index contributed by atoms with van der Waals surface area (Å²) in [6, 6.07) is 20.0. The zero-order valence-electron chi connectivity index (χ0n) is 14.0. The van der Waals surface area contributed by atoms with Crippen molar-refractivity contribution < 1.29 is 4.79 Å². The summed E-state index contributed by atoms with van der Waals surface area (Å²) in [7, 11) is 0. The molecule has 132 valence electrons. The first-order valence-corrected chi connectivity index (χ1v) is 10.3. The molecule has 1 amide bonds. The molecule has 1 aliphatic rings. The number of carbonyl (C=O) groups excluding carboxylic acids is 1. The van der Waals surface area contributed by atoms with Crippen molar-refractivity contribution in [2.45, 2.75) is 16.6 Å². The van der Waals surface area contributed by atoms with Gasteiger partial charge >= 0.3 is 0 Å². The van der Waals surface area contributed by atoms with Crippen LogP contribution in [0.15, 0.2) is 65.6 Å². The summed E-state index contributed by atoms with van der Waals surface area (Å²) in [6.07, 6.45) is 0.758. The molecule has 0 spiro atoms. The fraction of sp³-hybridized carbons (Fsp3) is 0.190. The van der Waals surface area contributed by atoms with Crippen LogP contribution in [-0.4, -0.2) is 18.3 Å². The van der Waals surface area contributed by atoms with E-state index >= 15 is 0 Å². The topological polar surface area (TPSA) is 20.3 Å². The third-order valence-corrected chi connectivity index (χ3v) is 6.37. The standard InChI is InChI=1S/C21H17Cl2NOS/c22-12-3-13-24-19-17-5-2-1-4-14(17)8-11-18(19)26-20(21(24)25)15-6-9-16(23)10-7-15/h1-2,4-11,20H,3,12-13H2. The van der Waals surface area contributed by atoms with Crippen LogP contribution in [0.4, 0.5) is 5.69 Å². The average molecular weight is 402 g/mol. The minimum Gasteiger partial charge on any atom is -0.309 e. The Balaban J connectivity index is 1.84. The first-order valence-electron chi connectivity index (χ1n) is 8.50. The lowest BCUT2D eigenvalue weighted by Gasteiger charge is -2.35. The van der Waals surface area contributed by atoms with Gasteiger partial charge in [-0.05, 0) is 35.6 Å². The van der Waals surface area contributed by atoms with Crippen molar-refractivity contribution >= 4 is 57.3 Å². The minimum absolute atomic E-state index is 0.103. The predicted molar refractivity (Wildman–Crippen MR) is 112 cm³/mol. The fourth-order valence-electron chi connectivity index (χ4n) is 3.33. The minimum atomic E-state index is -0.267. The molecule has 1 heterocycles. The summed E-state index contributed by atoms with van der Waals surface area (Å²) >= 11 is 13.5. The Labute approximate surface area is 167 Å². The van der Waals surface area contributed by atoms with Crippen LogP contribution in [0.2, 0.25) is 5.02 Å². The number of nitrogens with zero attached hydrogens (tertiary/aromatic N) is 1. The number of rotatable bonds is 4. The second-order valence-electron chi connectivity index (χ2n) is 6.22. The Morgan fingerprint density at radius 2 is 1.77 bits per heavy atom. The highest BCUT2D eigenvalue weighted by Gasteiger charge is 2.35. The van der Waals surface area contributed by atoms with E-state index in [1.165, 1.54) is 0 Å². The van der Waals surface area contributed by atoms with E-state index in [4.69, 9.17) is 23.2 Å². The van der Waals surface area contributed by atoms with Gasteiger partial charge in [0, 0.05) is 27.7 Å². The summed E-state index contributed by atoms with van der Waals surface area (Å²) < 4.78 is 0. The van der Waals surface area contributed by atoms with Gasteiger partial charge in [0.15, 0.2) is 0 Å². The van der Waals surface area contributed by atoms with Crippen LogP contribution >= 0.6 is 35.0 Å². The number of hydrogen-bond acceptors (Lipinski definition) is 2. The van der Waals surface area contributed by atoms with E-state index < -0.39 is 0 Å². The van der Waals surface area contributed by atoms with E-state index in [-0.39, 0.29) is 11.2 Å². The normalized spacial score (nSPS) is 16.8. The molecule has 26 heavy (non-hydrogen) atoms. The van der Waals surface area contributed by atoms with Crippen LogP contribution in [0, 0.1) is 0 Å². The maximum atomic E-state index is 13.4. The van der Waals surface area contributed by atoms with E-state index in [0.717, 1.165) is 33.3 Å². The van der Waals surface area contributed by atoms with E-state index in [0.29, 0.717) is 17.4 Å². The molecule has 0 bridgehead atoms. The SMILES string of the molecule is O=C1C(c2ccc(Cl)cc2)Sc2ccc3ccccc3c2N1CCCCl. The molecule has 0 aliphatic carbocycles. The van der Waals surface area contributed by atoms with Crippen molar-refractivity contribution in [3.63, 3.8) is 0 Å². The first kappa shape index (κ1) is 17.7. The lowest BCUT2D eigenvalue weighted by atomic mass is 10.1. The van der Waals surface area contributed by atoms with Gasteiger partial charge in [-0.1, -0.05) is 54.1 Å². The van der Waals surface area contributed by atoms with Crippen molar-refractivity contribution in [3.05, 3.63) is 71.2 Å². The summed E-state index contributed by atoms with van der Waals surface area (Å²) in [6.45, 7) is 0.619. The summed E-state index contributed by atoms with van der Waals surface area (Å²) in [5, 5.41) is 2.65. The van der Waals surface area contributed by atoms with Crippen molar-refractivity contribution in [3.8, 4) is 0 Å². The first-order chi connectivity index (χ1) is 12.7. The fourth-order valence-corrected chi connectivity index (χ4v) is 4.82. The number of benzene rings is 3. The van der Waals surface area contributed by atoms with E-state index in [2.05, 4.69) is 24.3 Å². The smallest absolute Gasteiger partial charge is 0.245 e. The van der Waals surface area contributed by atoms with Gasteiger partial charge in [-0.2, -0.15) is 0 Å². The maximum Gasteiger partial charge on any atom is 0.245 e. The van der Waals surface area contributed by atoms with E-state index in [9.17, 15) is 4.79 Å². The summed E-state index contributed by atoms with van der Waals surface area (Å²) in [4.78, 5) is 16.4. The van der Waals surface area contributed by atoms with Crippen LogP contribution in [0.25, 0.3) is 10.8 Å². The lowest BCUT2D eigenvalue weighted by Crippen LogP contribution is -2.38. The van der Waals surface area contributed by atoms with E-state index in [1.807, 2.05) is 41.3 Å².